The summed E-state index contributed by atoms with van der Waals surface area (Å²) < 4.78 is 47.9. The number of nitrogens with zero attached hydrogens (tertiary/aromatic N) is 1. The Balaban J connectivity index is 0.000000572. The molecule has 1 heterocycles. The van der Waals surface area contributed by atoms with Gasteiger partial charge in [0.25, 0.3) is 0 Å². The highest BCUT2D eigenvalue weighted by molar-refractivity contribution is 5.87. The minimum atomic E-state index is -5.08. The van der Waals surface area contributed by atoms with Gasteiger partial charge in [-0.2, -0.15) is 18.3 Å². The molecule has 1 amide bonds. The molecule has 0 fully saturated rings. The van der Waals surface area contributed by atoms with E-state index in [9.17, 15) is 18.0 Å². The van der Waals surface area contributed by atoms with Crippen LogP contribution in [-0.4, -0.2) is 59.0 Å². The van der Waals surface area contributed by atoms with Crippen molar-refractivity contribution in [3.8, 4) is 22.6 Å². The lowest BCUT2D eigenvalue weighted by Gasteiger charge is -2.14. The van der Waals surface area contributed by atoms with Crippen molar-refractivity contribution >= 4 is 17.7 Å². The van der Waals surface area contributed by atoms with Crippen LogP contribution >= 0.6 is 0 Å². The van der Waals surface area contributed by atoms with Crippen molar-refractivity contribution in [3.63, 3.8) is 0 Å². The molecule has 0 aliphatic rings. The molecule has 0 unspecified atom stereocenters. The number of nitrogens with one attached hydrogen (secondary N) is 2. The van der Waals surface area contributed by atoms with E-state index in [1.165, 1.54) is 0 Å². The number of halogens is 3. The standard InChI is InChI=1S/C21H23N3O5.C2HF3O2/c1-27-18-5-2-4-15(10-18)14-29-21(26)24-19-7-6-16(17-12-22-23-13-17)11-20(19)28-9-3-8-25;3-2(4,5)1(6)7/h2,4-7,10-13,25H,3,8-9,14H2,1H3,(H,22,23)(H,24,26);(H,6,7). The lowest BCUT2D eigenvalue weighted by molar-refractivity contribution is -0.192. The molecule has 1 aromatic heterocycles. The lowest BCUT2D eigenvalue weighted by Crippen LogP contribution is -2.21. The summed E-state index contributed by atoms with van der Waals surface area (Å²) >= 11 is 0. The van der Waals surface area contributed by atoms with Gasteiger partial charge in [0, 0.05) is 24.8 Å². The van der Waals surface area contributed by atoms with E-state index in [1.54, 1.807) is 37.7 Å². The van der Waals surface area contributed by atoms with Crippen LogP contribution in [0.4, 0.5) is 23.7 Å². The monoisotopic (exact) mass is 511 g/mol. The Labute approximate surface area is 203 Å². The van der Waals surface area contributed by atoms with E-state index in [0.717, 1.165) is 16.7 Å². The van der Waals surface area contributed by atoms with Crippen LogP contribution in [0.3, 0.4) is 0 Å². The fraction of sp³-hybridized carbons (Fsp3) is 0.261. The molecule has 4 N–H and O–H groups in total. The second kappa shape index (κ2) is 13.6. The van der Waals surface area contributed by atoms with Crippen LogP contribution in [0, 0.1) is 0 Å². The third-order valence-corrected chi connectivity index (χ3v) is 4.36. The highest BCUT2D eigenvalue weighted by Gasteiger charge is 2.38. The quantitative estimate of drug-likeness (QED) is 0.313. The molecule has 36 heavy (non-hydrogen) atoms. The average molecular weight is 511 g/mol. The van der Waals surface area contributed by atoms with Gasteiger partial charge < -0.3 is 24.4 Å². The molecular formula is C23H24F3N3O7. The number of aliphatic hydroxyl groups is 1. The van der Waals surface area contributed by atoms with Crippen molar-refractivity contribution in [2.24, 2.45) is 0 Å². The Morgan fingerprint density at radius 3 is 2.50 bits per heavy atom. The number of aliphatic carboxylic acids is 1. The molecule has 0 spiro atoms. The number of benzene rings is 2. The fourth-order valence-corrected chi connectivity index (χ4v) is 2.64. The number of anilines is 1. The van der Waals surface area contributed by atoms with E-state index in [-0.39, 0.29) is 13.2 Å². The lowest BCUT2D eigenvalue weighted by atomic mass is 10.1. The molecule has 2 aromatic carbocycles. The maximum absolute atomic E-state index is 12.3. The molecular weight excluding hydrogens is 487 g/mol. The van der Waals surface area contributed by atoms with Crippen LogP contribution in [0.15, 0.2) is 54.9 Å². The summed E-state index contributed by atoms with van der Waals surface area (Å²) in [5.74, 6) is -1.58. The second-order valence-corrected chi connectivity index (χ2v) is 6.98. The third-order valence-electron chi connectivity index (χ3n) is 4.36. The molecule has 0 saturated carbocycles. The van der Waals surface area contributed by atoms with E-state index >= 15 is 0 Å². The van der Waals surface area contributed by atoms with Gasteiger partial charge in [0.15, 0.2) is 0 Å². The highest BCUT2D eigenvalue weighted by Crippen LogP contribution is 2.31. The van der Waals surface area contributed by atoms with E-state index in [1.807, 2.05) is 24.3 Å². The number of aliphatic hydroxyl groups excluding tert-OH is 1. The number of hydrogen-bond donors (Lipinski definition) is 4. The number of carboxylic acid groups (broad SMARTS) is 1. The molecule has 0 atom stereocenters. The highest BCUT2D eigenvalue weighted by atomic mass is 19.4. The van der Waals surface area contributed by atoms with Crippen molar-refractivity contribution < 1.29 is 47.2 Å². The van der Waals surface area contributed by atoms with Gasteiger partial charge in [-0.25, -0.2) is 9.59 Å². The molecule has 0 aliphatic heterocycles. The molecule has 3 rings (SSSR count). The molecule has 0 saturated heterocycles. The predicted molar refractivity (Wildman–Crippen MR) is 122 cm³/mol. The third kappa shape index (κ3) is 9.18. The van der Waals surface area contributed by atoms with E-state index in [4.69, 9.17) is 29.2 Å². The van der Waals surface area contributed by atoms with Gasteiger partial charge in [0.1, 0.15) is 18.1 Å². The Kier molecular flexibility index (Phi) is 10.6. The van der Waals surface area contributed by atoms with Crippen LogP contribution in [0.2, 0.25) is 0 Å². The maximum Gasteiger partial charge on any atom is 0.490 e. The number of amides is 1. The Bertz CT molecular complexity index is 1120. The molecule has 10 nitrogen and oxygen atoms in total. The summed E-state index contributed by atoms with van der Waals surface area (Å²) in [6, 6.07) is 12.7. The summed E-state index contributed by atoms with van der Waals surface area (Å²) in [4.78, 5) is 21.2. The molecule has 13 heteroatoms. The maximum atomic E-state index is 12.3. The van der Waals surface area contributed by atoms with Crippen LogP contribution < -0.4 is 14.8 Å². The predicted octanol–water partition coefficient (Wildman–Crippen LogP) is 4.23. The summed E-state index contributed by atoms with van der Waals surface area (Å²) in [6.45, 7) is 0.447. The van der Waals surface area contributed by atoms with Crippen molar-refractivity contribution in [2.75, 3.05) is 25.6 Å². The topological polar surface area (TPSA) is 143 Å². The van der Waals surface area contributed by atoms with Crippen LogP contribution in [0.5, 0.6) is 11.5 Å². The first-order valence-corrected chi connectivity index (χ1v) is 10.4. The summed E-state index contributed by atoms with van der Waals surface area (Å²) in [5.41, 5.74) is 3.07. The van der Waals surface area contributed by atoms with Gasteiger partial charge in [-0.15, -0.1) is 0 Å². The zero-order chi connectivity index (χ0) is 26.6. The number of methoxy groups -OCH3 is 1. The van der Waals surface area contributed by atoms with Gasteiger partial charge in [-0.1, -0.05) is 18.2 Å². The second-order valence-electron chi connectivity index (χ2n) is 6.98. The minimum Gasteiger partial charge on any atom is -0.497 e. The zero-order valence-electron chi connectivity index (χ0n) is 19.0. The van der Waals surface area contributed by atoms with Gasteiger partial charge >= 0.3 is 18.2 Å². The van der Waals surface area contributed by atoms with Gasteiger partial charge in [-0.05, 0) is 35.4 Å². The van der Waals surface area contributed by atoms with Crippen molar-refractivity contribution in [1.29, 1.82) is 0 Å². The smallest absolute Gasteiger partial charge is 0.490 e. The van der Waals surface area contributed by atoms with E-state index < -0.39 is 18.2 Å². The number of hydrogen-bond acceptors (Lipinski definition) is 7. The first kappa shape index (κ1) is 28.0. The van der Waals surface area contributed by atoms with Gasteiger partial charge in [0.2, 0.25) is 0 Å². The fourth-order valence-electron chi connectivity index (χ4n) is 2.64. The number of alkyl halides is 3. The van der Waals surface area contributed by atoms with Crippen molar-refractivity contribution in [1.82, 2.24) is 10.2 Å². The molecule has 0 aliphatic carbocycles. The number of carbonyl (C=O) groups is 2. The van der Waals surface area contributed by atoms with Gasteiger partial charge in [0.05, 0.1) is 25.6 Å². The average Bonchev–Trinajstić information content (AvgIpc) is 3.39. The number of ether oxygens (including phenoxy) is 3. The SMILES string of the molecule is COc1cccc(COC(=O)Nc2ccc(-c3cn[nH]c3)cc2OCCCO)c1.O=C(O)C(F)(F)F. The molecule has 0 bridgehead atoms. The summed E-state index contributed by atoms with van der Waals surface area (Å²) in [6.07, 6.45) is -1.74. The largest absolute Gasteiger partial charge is 0.497 e. The minimum absolute atomic E-state index is 0.0206. The van der Waals surface area contributed by atoms with Crippen molar-refractivity contribution in [3.05, 3.63) is 60.4 Å². The number of rotatable bonds is 9. The molecule has 194 valence electrons. The van der Waals surface area contributed by atoms with Crippen LogP contribution in [-0.2, 0) is 16.1 Å². The van der Waals surface area contributed by atoms with Crippen molar-refractivity contribution in [2.45, 2.75) is 19.2 Å². The summed E-state index contributed by atoms with van der Waals surface area (Å²) in [5, 5.41) is 25.5. The van der Waals surface area contributed by atoms with E-state index in [0.29, 0.717) is 30.2 Å². The normalized spacial score (nSPS) is 10.6. The first-order chi connectivity index (χ1) is 17.1. The summed E-state index contributed by atoms with van der Waals surface area (Å²) in [7, 11) is 1.58. The van der Waals surface area contributed by atoms with Crippen LogP contribution in [0.25, 0.3) is 11.1 Å². The van der Waals surface area contributed by atoms with E-state index in [2.05, 4.69) is 15.5 Å². The first-order valence-electron chi connectivity index (χ1n) is 10.4. The number of aromatic nitrogens is 2. The molecule has 0 radical (unpaired) electrons. The Morgan fingerprint density at radius 1 is 1.14 bits per heavy atom. The number of H-pyrrole nitrogens is 1. The number of carboxylic acids is 1. The Hall–Kier alpha value is -4.26. The zero-order valence-corrected chi connectivity index (χ0v) is 19.0. The van der Waals surface area contributed by atoms with Crippen LogP contribution in [0.1, 0.15) is 12.0 Å². The number of carbonyl (C=O) groups excluding carboxylic acids is 1. The Morgan fingerprint density at radius 2 is 1.89 bits per heavy atom. The number of aromatic amines is 1. The molecule has 3 aromatic rings. The van der Waals surface area contributed by atoms with Gasteiger partial charge in [-0.3, -0.25) is 10.4 Å².